The summed E-state index contributed by atoms with van der Waals surface area (Å²) in [5.41, 5.74) is 0. The maximum Gasteiger partial charge on any atom is 0.303 e. The number of allylic oxidation sites excluding steroid dienone is 4. The molecule has 0 aliphatic carbocycles. The average molecular weight is 619 g/mol. The van der Waals surface area contributed by atoms with Gasteiger partial charge in [-0.05, 0) is 77.0 Å². The summed E-state index contributed by atoms with van der Waals surface area (Å²) in [6, 6.07) is 0. The molecule has 0 amide bonds. The lowest BCUT2D eigenvalue weighted by Crippen LogP contribution is -1.97. The summed E-state index contributed by atoms with van der Waals surface area (Å²) in [4.78, 5) is 33.1. The molecule has 5 heteroatoms. The van der Waals surface area contributed by atoms with Crippen LogP contribution >= 0.6 is 0 Å². The zero-order valence-corrected chi connectivity index (χ0v) is 28.6. The molecule has 0 spiro atoms. The van der Waals surface area contributed by atoms with Gasteiger partial charge in [0.1, 0.15) is 5.78 Å². The van der Waals surface area contributed by atoms with Gasteiger partial charge < -0.3 is 10.2 Å². The molecule has 0 aromatic rings. The first-order valence-electron chi connectivity index (χ1n) is 18.8. The highest BCUT2D eigenvalue weighted by molar-refractivity contribution is 5.78. The Morgan fingerprint density at radius 2 is 0.500 bits per heavy atom. The first-order valence-corrected chi connectivity index (χ1v) is 18.8. The molecular formula is C39H70O5. The molecule has 0 bridgehead atoms. The first-order chi connectivity index (χ1) is 21.5. The molecule has 0 unspecified atom stereocenters. The van der Waals surface area contributed by atoms with Crippen molar-refractivity contribution in [3.8, 4) is 0 Å². The van der Waals surface area contributed by atoms with E-state index in [0.717, 1.165) is 77.0 Å². The molecule has 0 aromatic carbocycles. The number of carboxylic acids is 2. The van der Waals surface area contributed by atoms with Crippen LogP contribution in [0, 0.1) is 0 Å². The minimum absolute atomic E-state index is 0.311. The molecule has 0 atom stereocenters. The van der Waals surface area contributed by atoms with E-state index in [1.165, 1.54) is 116 Å². The number of hydrogen-bond donors (Lipinski definition) is 2. The predicted octanol–water partition coefficient (Wildman–Crippen LogP) is 12.3. The SMILES string of the molecule is O=C(O)CCCCCCC/C=C\CCCCCCCCCC(=O)CCCCCCCCC/C=C\CCCCCCCC(=O)O. The van der Waals surface area contributed by atoms with Crippen LogP contribution in [0.25, 0.3) is 0 Å². The molecule has 0 radical (unpaired) electrons. The third-order valence-corrected chi connectivity index (χ3v) is 8.51. The average Bonchev–Trinajstić information content (AvgIpc) is 2.99. The van der Waals surface area contributed by atoms with Crippen LogP contribution in [0.1, 0.15) is 205 Å². The number of carboxylic acid groups (broad SMARTS) is 2. The second-order valence-electron chi connectivity index (χ2n) is 12.9. The minimum atomic E-state index is -0.678. The number of Topliss-reactive ketones (excluding diaryl/α,β-unsaturated/α-hetero) is 1. The zero-order valence-electron chi connectivity index (χ0n) is 28.6. The van der Waals surface area contributed by atoms with E-state index in [1.54, 1.807) is 0 Å². The molecule has 0 heterocycles. The van der Waals surface area contributed by atoms with E-state index in [2.05, 4.69) is 24.3 Å². The molecular weight excluding hydrogens is 548 g/mol. The Bertz CT molecular complexity index is 653. The molecule has 0 fully saturated rings. The molecule has 256 valence electrons. The van der Waals surface area contributed by atoms with Crippen molar-refractivity contribution in [2.45, 2.75) is 205 Å². The maximum absolute atomic E-state index is 12.2. The summed E-state index contributed by atoms with van der Waals surface area (Å²) in [5.74, 6) is -0.883. The first kappa shape index (κ1) is 42.1. The fraction of sp³-hybridized carbons (Fsp3) is 0.821. The van der Waals surface area contributed by atoms with Crippen molar-refractivity contribution >= 4 is 17.7 Å². The lowest BCUT2D eigenvalue weighted by Gasteiger charge is -2.03. The van der Waals surface area contributed by atoms with Gasteiger partial charge in [-0.3, -0.25) is 14.4 Å². The van der Waals surface area contributed by atoms with Crippen molar-refractivity contribution < 1.29 is 24.6 Å². The number of rotatable bonds is 36. The Balaban J connectivity index is 3.24. The van der Waals surface area contributed by atoms with Gasteiger partial charge in [0.2, 0.25) is 0 Å². The number of carbonyl (C=O) groups is 3. The Hall–Kier alpha value is -1.91. The van der Waals surface area contributed by atoms with Gasteiger partial charge in [0.05, 0.1) is 0 Å². The molecule has 0 rings (SSSR count). The van der Waals surface area contributed by atoms with Crippen LogP contribution < -0.4 is 0 Å². The van der Waals surface area contributed by atoms with Gasteiger partial charge >= 0.3 is 11.9 Å². The summed E-state index contributed by atoms with van der Waals surface area (Å²) < 4.78 is 0. The van der Waals surface area contributed by atoms with E-state index in [4.69, 9.17) is 10.2 Å². The van der Waals surface area contributed by atoms with Gasteiger partial charge in [-0.1, -0.05) is 127 Å². The topological polar surface area (TPSA) is 91.7 Å². The zero-order chi connectivity index (χ0) is 32.2. The van der Waals surface area contributed by atoms with Crippen molar-refractivity contribution in [2.75, 3.05) is 0 Å². The lowest BCUT2D eigenvalue weighted by molar-refractivity contribution is -0.138. The van der Waals surface area contributed by atoms with Crippen LogP contribution in [-0.2, 0) is 14.4 Å². The monoisotopic (exact) mass is 619 g/mol. The van der Waals surface area contributed by atoms with Crippen molar-refractivity contribution in [3.05, 3.63) is 24.3 Å². The van der Waals surface area contributed by atoms with Crippen LogP contribution in [-0.4, -0.2) is 27.9 Å². The molecule has 0 aliphatic heterocycles. The van der Waals surface area contributed by atoms with Crippen molar-refractivity contribution in [3.63, 3.8) is 0 Å². The Kier molecular flexibility index (Phi) is 34.0. The highest BCUT2D eigenvalue weighted by Crippen LogP contribution is 2.14. The van der Waals surface area contributed by atoms with Crippen LogP contribution in [0.15, 0.2) is 24.3 Å². The summed E-state index contributed by atoms with van der Waals surface area (Å²) in [7, 11) is 0. The number of carbonyl (C=O) groups excluding carboxylic acids is 1. The van der Waals surface area contributed by atoms with Crippen molar-refractivity contribution in [1.29, 1.82) is 0 Å². The molecule has 2 N–H and O–H groups in total. The normalized spacial score (nSPS) is 11.6. The third-order valence-electron chi connectivity index (χ3n) is 8.51. The number of hydrogen-bond acceptors (Lipinski definition) is 3. The van der Waals surface area contributed by atoms with Gasteiger partial charge in [0, 0.05) is 25.7 Å². The standard InChI is InChI=1S/C39H70O5/c40-37(33-29-25-21-17-13-9-5-1-3-7-11-15-19-23-27-31-35-38(41)42)34-30-26-22-18-14-10-6-2-4-8-12-16-20-24-28-32-36-39(43)44/h3-4,7-8H,1-2,5-6,9-36H2,(H,41,42)(H,43,44)/b7-3-,8-4-. The van der Waals surface area contributed by atoms with Crippen LogP contribution in [0.5, 0.6) is 0 Å². The van der Waals surface area contributed by atoms with Crippen LogP contribution in [0.2, 0.25) is 0 Å². The number of unbranched alkanes of at least 4 members (excludes halogenated alkanes) is 24. The predicted molar refractivity (Wildman–Crippen MR) is 186 cm³/mol. The van der Waals surface area contributed by atoms with E-state index < -0.39 is 11.9 Å². The fourth-order valence-electron chi connectivity index (χ4n) is 5.67. The van der Waals surface area contributed by atoms with Crippen LogP contribution in [0.4, 0.5) is 0 Å². The van der Waals surface area contributed by atoms with E-state index in [1.807, 2.05) is 0 Å². The molecule has 44 heavy (non-hydrogen) atoms. The molecule has 0 saturated heterocycles. The number of aliphatic carboxylic acids is 2. The van der Waals surface area contributed by atoms with E-state index >= 15 is 0 Å². The quantitative estimate of drug-likeness (QED) is 0.0538. The molecule has 0 saturated carbocycles. The van der Waals surface area contributed by atoms with Gasteiger partial charge in [-0.2, -0.15) is 0 Å². The Morgan fingerprint density at radius 3 is 0.750 bits per heavy atom. The fourth-order valence-corrected chi connectivity index (χ4v) is 5.67. The minimum Gasteiger partial charge on any atom is -0.481 e. The molecule has 0 aliphatic rings. The smallest absolute Gasteiger partial charge is 0.303 e. The summed E-state index contributed by atoms with van der Waals surface area (Å²) in [6.45, 7) is 0. The van der Waals surface area contributed by atoms with Gasteiger partial charge in [-0.15, -0.1) is 0 Å². The van der Waals surface area contributed by atoms with Gasteiger partial charge in [0.15, 0.2) is 0 Å². The van der Waals surface area contributed by atoms with Gasteiger partial charge in [-0.25, -0.2) is 0 Å². The lowest BCUT2D eigenvalue weighted by atomic mass is 10.0. The Labute approximate surface area is 271 Å². The Morgan fingerprint density at radius 1 is 0.295 bits per heavy atom. The third kappa shape index (κ3) is 38.1. The van der Waals surface area contributed by atoms with E-state index in [-0.39, 0.29) is 0 Å². The maximum atomic E-state index is 12.2. The van der Waals surface area contributed by atoms with Crippen LogP contribution in [0.3, 0.4) is 0 Å². The second-order valence-corrected chi connectivity index (χ2v) is 12.9. The summed E-state index contributed by atoms with van der Waals surface area (Å²) in [5, 5.41) is 17.3. The highest BCUT2D eigenvalue weighted by Gasteiger charge is 2.02. The highest BCUT2D eigenvalue weighted by atomic mass is 16.4. The second kappa shape index (κ2) is 35.6. The molecule has 5 nitrogen and oxygen atoms in total. The summed E-state index contributed by atoms with van der Waals surface area (Å²) >= 11 is 0. The molecule has 0 aromatic heterocycles. The van der Waals surface area contributed by atoms with Crippen molar-refractivity contribution in [1.82, 2.24) is 0 Å². The largest absolute Gasteiger partial charge is 0.481 e. The van der Waals surface area contributed by atoms with Crippen molar-refractivity contribution in [2.24, 2.45) is 0 Å². The van der Waals surface area contributed by atoms with E-state index in [0.29, 0.717) is 18.6 Å². The summed E-state index contributed by atoms with van der Waals surface area (Å²) in [6.07, 6.45) is 44.5. The number of ketones is 1. The van der Waals surface area contributed by atoms with Gasteiger partial charge in [0.25, 0.3) is 0 Å². The van der Waals surface area contributed by atoms with E-state index in [9.17, 15) is 14.4 Å².